The Morgan fingerprint density at radius 3 is 2.70 bits per heavy atom. The molecule has 0 aliphatic carbocycles. The lowest BCUT2D eigenvalue weighted by Crippen LogP contribution is -2.14. The largest absolute Gasteiger partial charge is 0.478 e. The number of hydroxylamine groups is 1. The molecule has 168 valence electrons. The minimum atomic E-state index is -1.05. The van der Waals surface area contributed by atoms with Crippen LogP contribution in [0.4, 0.5) is 4.39 Å². The van der Waals surface area contributed by atoms with Crippen LogP contribution in [0, 0.1) is 5.82 Å². The summed E-state index contributed by atoms with van der Waals surface area (Å²) in [4.78, 5) is 17.1. The third-order valence-electron chi connectivity index (χ3n) is 4.78. The van der Waals surface area contributed by atoms with Gasteiger partial charge in [0.1, 0.15) is 29.2 Å². The van der Waals surface area contributed by atoms with Crippen LogP contribution in [0.25, 0.3) is 27.7 Å². The van der Waals surface area contributed by atoms with Crippen molar-refractivity contribution in [3.63, 3.8) is 0 Å². The first kappa shape index (κ1) is 22.0. The summed E-state index contributed by atoms with van der Waals surface area (Å²) in [6.45, 7) is 2.40. The first-order valence-electron chi connectivity index (χ1n) is 10.3. The molecule has 0 radical (unpaired) electrons. The molecule has 0 fully saturated rings. The van der Waals surface area contributed by atoms with Crippen molar-refractivity contribution in [2.45, 2.75) is 13.3 Å². The van der Waals surface area contributed by atoms with Crippen LogP contribution in [0.5, 0.6) is 5.75 Å². The van der Waals surface area contributed by atoms with Crippen molar-refractivity contribution in [1.82, 2.24) is 10.6 Å². The highest BCUT2D eigenvalue weighted by molar-refractivity contribution is 6.04. The number of rotatable bonds is 9. The van der Waals surface area contributed by atoms with Gasteiger partial charge in [0.15, 0.2) is 5.76 Å². The van der Waals surface area contributed by atoms with Crippen LogP contribution in [0.1, 0.15) is 29.5 Å². The number of hydrogen-bond acceptors (Lipinski definition) is 6. The van der Waals surface area contributed by atoms with Gasteiger partial charge in [0, 0.05) is 11.6 Å². The predicted molar refractivity (Wildman–Crippen MR) is 121 cm³/mol. The van der Waals surface area contributed by atoms with Crippen molar-refractivity contribution < 1.29 is 28.4 Å². The summed E-state index contributed by atoms with van der Waals surface area (Å²) in [7, 11) is 0. The molecule has 7 nitrogen and oxygen atoms in total. The van der Waals surface area contributed by atoms with E-state index in [0.717, 1.165) is 11.8 Å². The summed E-state index contributed by atoms with van der Waals surface area (Å²) in [5.41, 5.74) is 4.44. The van der Waals surface area contributed by atoms with Gasteiger partial charge in [-0.05, 0) is 53.6 Å². The fraction of sp³-hybridized carbons (Fsp3) is 0.120. The molecule has 0 spiro atoms. The zero-order chi connectivity index (χ0) is 23.2. The first-order valence-corrected chi connectivity index (χ1v) is 10.3. The number of carboxylic acids is 1. The SMILES string of the molecule is CCCONC(=COc1cc(C(=O)O)c2ccccc2c1)c1cc(-c2ccc(F)cc2)no1. The van der Waals surface area contributed by atoms with Gasteiger partial charge in [-0.2, -0.15) is 0 Å². The van der Waals surface area contributed by atoms with Crippen LogP contribution in [0.2, 0.25) is 0 Å². The van der Waals surface area contributed by atoms with Gasteiger partial charge in [-0.25, -0.2) is 9.18 Å². The van der Waals surface area contributed by atoms with E-state index in [1.807, 2.05) is 19.1 Å². The van der Waals surface area contributed by atoms with Crippen LogP contribution in [0.3, 0.4) is 0 Å². The Hall–Kier alpha value is -4.17. The lowest BCUT2D eigenvalue weighted by molar-refractivity contribution is 0.0698. The maximum atomic E-state index is 13.2. The maximum Gasteiger partial charge on any atom is 0.336 e. The van der Waals surface area contributed by atoms with Crippen molar-refractivity contribution in [2.75, 3.05) is 6.61 Å². The Morgan fingerprint density at radius 2 is 1.94 bits per heavy atom. The van der Waals surface area contributed by atoms with Gasteiger partial charge in [-0.1, -0.05) is 36.3 Å². The average Bonchev–Trinajstić information content (AvgIpc) is 3.31. The molecule has 33 heavy (non-hydrogen) atoms. The summed E-state index contributed by atoms with van der Waals surface area (Å²) in [6, 6.07) is 17.9. The van der Waals surface area contributed by atoms with Gasteiger partial charge in [0.05, 0.1) is 12.2 Å². The molecule has 0 aliphatic heterocycles. The Morgan fingerprint density at radius 1 is 1.15 bits per heavy atom. The average molecular weight is 448 g/mol. The molecule has 4 rings (SSSR count). The van der Waals surface area contributed by atoms with E-state index in [1.54, 1.807) is 36.4 Å². The minimum Gasteiger partial charge on any atom is -0.478 e. The summed E-state index contributed by atoms with van der Waals surface area (Å²) in [6.07, 6.45) is 2.14. The summed E-state index contributed by atoms with van der Waals surface area (Å²) in [5.74, 6) is -0.740. The normalized spacial score (nSPS) is 11.5. The number of fused-ring (bicyclic) bond motifs is 1. The molecule has 0 aliphatic rings. The Kier molecular flexibility index (Phi) is 6.66. The minimum absolute atomic E-state index is 0.131. The molecule has 2 N–H and O–H groups in total. The molecule has 1 aromatic heterocycles. The molecular weight excluding hydrogens is 427 g/mol. The third-order valence-corrected chi connectivity index (χ3v) is 4.78. The molecule has 0 unspecified atom stereocenters. The molecule has 0 saturated carbocycles. The number of carboxylic acid groups (broad SMARTS) is 1. The Bertz CT molecular complexity index is 1300. The highest BCUT2D eigenvalue weighted by Gasteiger charge is 2.14. The van der Waals surface area contributed by atoms with Crippen LogP contribution in [-0.2, 0) is 4.84 Å². The molecule has 8 heteroatoms. The number of halogens is 1. The molecule has 0 bridgehead atoms. The molecule has 3 aromatic carbocycles. The number of benzene rings is 3. The van der Waals surface area contributed by atoms with Crippen molar-refractivity contribution in [2.24, 2.45) is 0 Å². The van der Waals surface area contributed by atoms with E-state index in [9.17, 15) is 14.3 Å². The fourth-order valence-electron chi connectivity index (χ4n) is 3.18. The number of aromatic carboxylic acids is 1. The third kappa shape index (κ3) is 5.19. The van der Waals surface area contributed by atoms with Gasteiger partial charge >= 0.3 is 5.97 Å². The van der Waals surface area contributed by atoms with Crippen LogP contribution in [-0.4, -0.2) is 22.8 Å². The zero-order valence-corrected chi connectivity index (χ0v) is 17.7. The quantitative estimate of drug-likeness (QED) is 0.194. The topological polar surface area (TPSA) is 93.8 Å². The molecule has 1 heterocycles. The summed E-state index contributed by atoms with van der Waals surface area (Å²) < 4.78 is 24.4. The molecule has 0 atom stereocenters. The Balaban J connectivity index is 1.64. The monoisotopic (exact) mass is 448 g/mol. The van der Waals surface area contributed by atoms with Gasteiger partial charge in [-0.3, -0.25) is 10.3 Å². The second kappa shape index (κ2) is 9.97. The number of aromatic nitrogens is 1. The fourth-order valence-corrected chi connectivity index (χ4v) is 3.18. The van der Waals surface area contributed by atoms with Crippen molar-refractivity contribution in [3.05, 3.63) is 90.1 Å². The molecule has 0 amide bonds. The van der Waals surface area contributed by atoms with E-state index < -0.39 is 5.97 Å². The van der Waals surface area contributed by atoms with E-state index in [4.69, 9.17) is 14.1 Å². The van der Waals surface area contributed by atoms with Gasteiger partial charge in [0.25, 0.3) is 0 Å². The number of carbonyl (C=O) groups is 1. The highest BCUT2D eigenvalue weighted by atomic mass is 19.1. The number of nitrogens with one attached hydrogen (secondary N) is 1. The van der Waals surface area contributed by atoms with Crippen LogP contribution < -0.4 is 10.2 Å². The van der Waals surface area contributed by atoms with Gasteiger partial charge < -0.3 is 14.4 Å². The van der Waals surface area contributed by atoms with Gasteiger partial charge in [-0.15, -0.1) is 0 Å². The second-order valence-electron chi connectivity index (χ2n) is 7.18. The van der Waals surface area contributed by atoms with Crippen LogP contribution >= 0.6 is 0 Å². The van der Waals surface area contributed by atoms with E-state index >= 15 is 0 Å². The predicted octanol–water partition coefficient (Wildman–Crippen LogP) is 5.64. The number of hydrogen-bond donors (Lipinski definition) is 2. The molecular formula is C25H21FN2O5. The van der Waals surface area contributed by atoms with E-state index in [-0.39, 0.29) is 11.4 Å². The second-order valence-corrected chi connectivity index (χ2v) is 7.18. The van der Waals surface area contributed by atoms with Crippen molar-refractivity contribution in [1.29, 1.82) is 0 Å². The standard InChI is InChI=1S/C25H21FN2O5/c1-2-11-32-27-23(24-14-22(28-33-24)16-7-9-18(26)10-8-16)15-31-19-12-17-5-3-4-6-20(17)21(13-19)25(29)30/h3-10,12-15,27H,2,11H2,1H3,(H,29,30). The number of nitrogens with zero attached hydrogens (tertiary/aromatic N) is 1. The van der Waals surface area contributed by atoms with Crippen molar-refractivity contribution in [3.8, 4) is 17.0 Å². The van der Waals surface area contributed by atoms with E-state index in [2.05, 4.69) is 10.6 Å². The first-order chi connectivity index (χ1) is 16.0. The Labute approximate surface area is 189 Å². The summed E-state index contributed by atoms with van der Waals surface area (Å²) in [5, 5.41) is 15.0. The van der Waals surface area contributed by atoms with E-state index in [0.29, 0.717) is 40.5 Å². The van der Waals surface area contributed by atoms with Crippen molar-refractivity contribution >= 4 is 22.4 Å². The maximum absolute atomic E-state index is 13.2. The van der Waals surface area contributed by atoms with Gasteiger partial charge in [0.2, 0.25) is 0 Å². The zero-order valence-electron chi connectivity index (χ0n) is 17.7. The summed E-state index contributed by atoms with van der Waals surface area (Å²) >= 11 is 0. The number of ether oxygens (including phenoxy) is 1. The highest BCUT2D eigenvalue weighted by Crippen LogP contribution is 2.27. The molecule has 4 aromatic rings. The molecule has 0 saturated heterocycles. The van der Waals surface area contributed by atoms with E-state index in [1.165, 1.54) is 24.5 Å². The lowest BCUT2D eigenvalue weighted by atomic mass is 10.0. The van der Waals surface area contributed by atoms with Crippen LogP contribution in [0.15, 0.2) is 77.5 Å². The lowest BCUT2D eigenvalue weighted by Gasteiger charge is -2.10. The smallest absolute Gasteiger partial charge is 0.336 e.